The van der Waals surface area contributed by atoms with Crippen LogP contribution in [0.15, 0.2) is 59.1 Å². The summed E-state index contributed by atoms with van der Waals surface area (Å²) < 4.78 is 11.7. The number of benzene rings is 3. The molecule has 0 amide bonds. The van der Waals surface area contributed by atoms with Crippen molar-refractivity contribution < 1.29 is 19.2 Å². The molecular weight excluding hydrogens is 556 g/mol. The molecule has 0 unspecified atom stereocenters. The zero-order valence-corrected chi connectivity index (χ0v) is 22.0. The Balaban J connectivity index is 1.41. The number of rotatable bonds is 6. The molecule has 0 spiro atoms. The standard InChI is InChI=1S/C28H17Cl4NO4/c29-21-5-2-6-22(30)25(21)26-20(27(37-33-26)16-8-9-16)14-36-18-12-23(31)19(24(32)13-18)10-7-15-3-1-4-17(11-15)28(34)35/h1-6,11-13,16H,8-9,14H2,(H,34,35). The van der Waals surface area contributed by atoms with Gasteiger partial charge in [0.2, 0.25) is 0 Å². The number of aromatic carboxylic acids is 1. The lowest BCUT2D eigenvalue weighted by Gasteiger charge is -2.11. The van der Waals surface area contributed by atoms with Gasteiger partial charge in [-0.1, -0.05) is 75.5 Å². The summed E-state index contributed by atoms with van der Waals surface area (Å²) in [5.41, 5.74) is 2.98. The molecule has 1 N–H and O–H groups in total. The third-order valence-corrected chi connectivity index (χ3v) is 7.03. The minimum absolute atomic E-state index is 0.143. The molecular formula is C28H17Cl4NO4. The maximum atomic E-state index is 11.2. The maximum Gasteiger partial charge on any atom is 0.335 e. The summed E-state index contributed by atoms with van der Waals surface area (Å²) >= 11 is 25.8. The second-order valence-corrected chi connectivity index (χ2v) is 10.1. The van der Waals surface area contributed by atoms with Gasteiger partial charge in [0, 0.05) is 29.2 Å². The van der Waals surface area contributed by atoms with E-state index in [9.17, 15) is 4.79 Å². The number of aromatic nitrogens is 1. The summed E-state index contributed by atoms with van der Waals surface area (Å²) in [6.07, 6.45) is 2.02. The van der Waals surface area contributed by atoms with Crippen molar-refractivity contribution >= 4 is 52.4 Å². The predicted molar refractivity (Wildman–Crippen MR) is 144 cm³/mol. The van der Waals surface area contributed by atoms with E-state index >= 15 is 0 Å². The number of hydrogen-bond acceptors (Lipinski definition) is 4. The fourth-order valence-corrected chi connectivity index (χ4v) is 4.96. The highest BCUT2D eigenvalue weighted by Crippen LogP contribution is 2.46. The van der Waals surface area contributed by atoms with Gasteiger partial charge in [-0.25, -0.2) is 4.79 Å². The quantitative estimate of drug-likeness (QED) is 0.234. The normalized spacial score (nSPS) is 12.6. The highest BCUT2D eigenvalue weighted by atomic mass is 35.5. The summed E-state index contributed by atoms with van der Waals surface area (Å²) in [7, 11) is 0. The first-order valence-corrected chi connectivity index (χ1v) is 12.7. The van der Waals surface area contributed by atoms with Crippen LogP contribution in [0.25, 0.3) is 11.3 Å². The van der Waals surface area contributed by atoms with E-state index in [4.69, 9.17) is 60.8 Å². The van der Waals surface area contributed by atoms with Gasteiger partial charge in [-0.3, -0.25) is 0 Å². The Morgan fingerprint density at radius 1 is 0.973 bits per heavy atom. The van der Waals surface area contributed by atoms with E-state index in [1.54, 1.807) is 42.5 Å². The van der Waals surface area contributed by atoms with E-state index in [1.807, 2.05) is 0 Å². The molecule has 5 nitrogen and oxygen atoms in total. The Hall–Kier alpha value is -3.14. The van der Waals surface area contributed by atoms with Gasteiger partial charge in [-0.2, -0.15) is 0 Å². The van der Waals surface area contributed by atoms with Crippen LogP contribution < -0.4 is 4.74 Å². The smallest absolute Gasteiger partial charge is 0.335 e. The Labute approximate surface area is 232 Å². The Bertz CT molecular complexity index is 1540. The van der Waals surface area contributed by atoms with Crippen molar-refractivity contribution in [1.82, 2.24) is 5.16 Å². The van der Waals surface area contributed by atoms with Crippen LogP contribution in [0.2, 0.25) is 20.1 Å². The summed E-state index contributed by atoms with van der Waals surface area (Å²) in [6.45, 7) is 0.145. The fraction of sp³-hybridized carbons (Fsp3) is 0.143. The fourth-order valence-electron chi connectivity index (χ4n) is 3.82. The molecule has 3 aromatic carbocycles. The minimum atomic E-state index is -1.03. The molecule has 0 bridgehead atoms. The molecule has 0 atom stereocenters. The van der Waals surface area contributed by atoms with Crippen molar-refractivity contribution in [2.24, 2.45) is 0 Å². The van der Waals surface area contributed by atoms with Crippen molar-refractivity contribution in [3.63, 3.8) is 0 Å². The summed E-state index contributed by atoms with van der Waals surface area (Å²) in [5, 5.41) is 15.0. The minimum Gasteiger partial charge on any atom is -0.489 e. The van der Waals surface area contributed by atoms with Crippen LogP contribution in [0.5, 0.6) is 5.75 Å². The average Bonchev–Trinajstić information content (AvgIpc) is 3.62. The molecule has 0 aliphatic heterocycles. The maximum absolute atomic E-state index is 11.2. The first-order valence-electron chi connectivity index (χ1n) is 11.2. The largest absolute Gasteiger partial charge is 0.489 e. The summed E-state index contributed by atoms with van der Waals surface area (Å²) in [5.74, 6) is 6.28. The van der Waals surface area contributed by atoms with Gasteiger partial charge in [-0.15, -0.1) is 0 Å². The topological polar surface area (TPSA) is 72.6 Å². The van der Waals surface area contributed by atoms with Gasteiger partial charge in [0.15, 0.2) is 0 Å². The monoisotopic (exact) mass is 571 g/mol. The SMILES string of the molecule is O=C(O)c1cccc(C#Cc2c(Cl)cc(OCc3c(-c4c(Cl)cccc4Cl)noc3C3CC3)cc2Cl)c1. The summed E-state index contributed by atoms with van der Waals surface area (Å²) in [4.78, 5) is 11.2. The van der Waals surface area contributed by atoms with Gasteiger partial charge >= 0.3 is 5.97 Å². The molecule has 0 saturated heterocycles. The lowest BCUT2D eigenvalue weighted by molar-refractivity contribution is 0.0697. The number of ether oxygens (including phenoxy) is 1. The van der Waals surface area contributed by atoms with E-state index in [0.29, 0.717) is 48.2 Å². The molecule has 186 valence electrons. The van der Waals surface area contributed by atoms with E-state index < -0.39 is 5.97 Å². The number of hydrogen-bond donors (Lipinski definition) is 1. The molecule has 9 heteroatoms. The predicted octanol–water partition coefficient (Wildman–Crippen LogP) is 8.51. The lowest BCUT2D eigenvalue weighted by Crippen LogP contribution is -2.00. The van der Waals surface area contributed by atoms with Crippen molar-refractivity contribution in [3.05, 3.63) is 103 Å². The van der Waals surface area contributed by atoms with Crippen LogP contribution in [-0.4, -0.2) is 16.2 Å². The van der Waals surface area contributed by atoms with E-state index in [0.717, 1.165) is 24.2 Å². The van der Waals surface area contributed by atoms with Gasteiger partial charge < -0.3 is 14.4 Å². The van der Waals surface area contributed by atoms with E-state index in [1.165, 1.54) is 12.1 Å². The van der Waals surface area contributed by atoms with Crippen LogP contribution in [0.4, 0.5) is 0 Å². The van der Waals surface area contributed by atoms with Gasteiger partial charge in [0.05, 0.1) is 36.8 Å². The molecule has 0 radical (unpaired) electrons. The third kappa shape index (κ3) is 5.58. The molecule has 5 rings (SSSR count). The molecule has 37 heavy (non-hydrogen) atoms. The molecule has 1 fully saturated rings. The second-order valence-electron chi connectivity index (χ2n) is 8.43. The van der Waals surface area contributed by atoms with Crippen molar-refractivity contribution in [1.29, 1.82) is 0 Å². The Kier molecular flexibility index (Phi) is 7.37. The van der Waals surface area contributed by atoms with E-state index in [-0.39, 0.29) is 18.1 Å². The number of halogens is 4. The van der Waals surface area contributed by atoms with Crippen LogP contribution in [0.1, 0.15) is 51.6 Å². The zero-order chi connectivity index (χ0) is 26.1. The van der Waals surface area contributed by atoms with Crippen molar-refractivity contribution in [3.8, 4) is 28.8 Å². The van der Waals surface area contributed by atoms with Crippen LogP contribution in [0, 0.1) is 11.8 Å². The zero-order valence-electron chi connectivity index (χ0n) is 19.0. The first-order chi connectivity index (χ1) is 17.8. The van der Waals surface area contributed by atoms with Crippen LogP contribution >= 0.6 is 46.4 Å². The van der Waals surface area contributed by atoms with Crippen LogP contribution in [0.3, 0.4) is 0 Å². The van der Waals surface area contributed by atoms with Crippen LogP contribution in [-0.2, 0) is 6.61 Å². The Morgan fingerprint density at radius 3 is 2.30 bits per heavy atom. The number of carboxylic acid groups (broad SMARTS) is 1. The van der Waals surface area contributed by atoms with Gasteiger partial charge in [-0.05, 0) is 43.2 Å². The van der Waals surface area contributed by atoms with E-state index in [2.05, 4.69) is 17.0 Å². The Morgan fingerprint density at radius 2 is 1.65 bits per heavy atom. The average molecular weight is 573 g/mol. The highest BCUT2D eigenvalue weighted by molar-refractivity contribution is 6.39. The molecule has 4 aromatic rings. The van der Waals surface area contributed by atoms with Gasteiger partial charge in [0.1, 0.15) is 23.8 Å². The third-order valence-electron chi connectivity index (χ3n) is 5.81. The lowest BCUT2D eigenvalue weighted by atomic mass is 10.0. The molecule has 1 aliphatic carbocycles. The highest BCUT2D eigenvalue weighted by Gasteiger charge is 2.33. The molecule has 1 aliphatic rings. The second kappa shape index (κ2) is 10.7. The number of carbonyl (C=O) groups is 1. The number of nitrogens with zero attached hydrogens (tertiary/aromatic N) is 1. The van der Waals surface area contributed by atoms with Crippen molar-refractivity contribution in [2.45, 2.75) is 25.4 Å². The van der Waals surface area contributed by atoms with Crippen molar-refractivity contribution in [2.75, 3.05) is 0 Å². The molecule has 1 saturated carbocycles. The molecule has 1 aromatic heterocycles. The van der Waals surface area contributed by atoms with Gasteiger partial charge in [0.25, 0.3) is 0 Å². The summed E-state index contributed by atoms with van der Waals surface area (Å²) in [6, 6.07) is 14.8. The first kappa shape index (κ1) is 25.5. The molecule has 1 heterocycles. The number of carboxylic acids is 1.